The number of nitrogens with zero attached hydrogens (tertiary/aromatic N) is 2. The minimum Gasteiger partial charge on any atom is -0.353 e. The summed E-state index contributed by atoms with van der Waals surface area (Å²) in [7, 11) is -3.72. The summed E-state index contributed by atoms with van der Waals surface area (Å²) in [5.74, 6) is -0.170. The number of benzene rings is 3. The molecule has 0 fully saturated rings. The van der Waals surface area contributed by atoms with Gasteiger partial charge in [-0.15, -0.1) is 0 Å². The second-order valence-corrected chi connectivity index (χ2v) is 10.3. The van der Waals surface area contributed by atoms with Crippen LogP contribution in [0, 0.1) is 6.92 Å². The zero-order valence-corrected chi connectivity index (χ0v) is 19.6. The number of rotatable bonds is 7. The molecule has 0 aliphatic rings. The van der Waals surface area contributed by atoms with E-state index in [9.17, 15) is 13.2 Å². The molecule has 6 nitrogen and oxygen atoms in total. The SMILES string of the molecule is Cc1ccc(S(=O)(=O)c2cn(CC(=O)NCCn3ccc4ccccc43)c3ccccc23)cc1. The van der Waals surface area contributed by atoms with Gasteiger partial charge >= 0.3 is 0 Å². The summed E-state index contributed by atoms with van der Waals surface area (Å²) >= 11 is 0. The lowest BCUT2D eigenvalue weighted by molar-refractivity contribution is -0.121. The normalized spacial score (nSPS) is 11.8. The number of carbonyl (C=O) groups excluding carboxylic acids is 1. The molecule has 5 rings (SSSR count). The Bertz CT molecular complexity index is 1600. The van der Waals surface area contributed by atoms with Crippen molar-refractivity contribution in [2.24, 2.45) is 0 Å². The number of sulfone groups is 1. The van der Waals surface area contributed by atoms with Crippen LogP contribution in [-0.4, -0.2) is 30.0 Å². The van der Waals surface area contributed by atoms with Gasteiger partial charge in [0.1, 0.15) is 6.54 Å². The quantitative estimate of drug-likeness (QED) is 0.378. The van der Waals surface area contributed by atoms with Crippen LogP contribution in [0.15, 0.2) is 101 Å². The van der Waals surface area contributed by atoms with Crippen molar-refractivity contribution < 1.29 is 13.2 Å². The number of aryl methyl sites for hydroxylation is 1. The Kier molecular flexibility index (Phi) is 5.71. The molecule has 7 heteroatoms. The van der Waals surface area contributed by atoms with Crippen molar-refractivity contribution in [2.75, 3.05) is 6.54 Å². The third kappa shape index (κ3) is 4.10. The molecule has 0 unspecified atom stereocenters. The van der Waals surface area contributed by atoms with Crippen LogP contribution in [0.25, 0.3) is 21.8 Å². The third-order valence-electron chi connectivity index (χ3n) is 6.04. The Morgan fingerprint density at radius 2 is 1.56 bits per heavy atom. The van der Waals surface area contributed by atoms with Gasteiger partial charge in [-0.1, -0.05) is 54.1 Å². The van der Waals surface area contributed by atoms with Crippen molar-refractivity contribution in [2.45, 2.75) is 29.8 Å². The summed E-state index contributed by atoms with van der Waals surface area (Å²) in [5.41, 5.74) is 2.82. The Morgan fingerprint density at radius 3 is 2.35 bits per heavy atom. The number of hydrogen-bond donors (Lipinski definition) is 1. The number of para-hydroxylation sites is 2. The van der Waals surface area contributed by atoms with E-state index in [0.717, 1.165) is 16.5 Å². The van der Waals surface area contributed by atoms with Crippen molar-refractivity contribution in [3.8, 4) is 0 Å². The van der Waals surface area contributed by atoms with Crippen LogP contribution in [0.2, 0.25) is 0 Å². The van der Waals surface area contributed by atoms with E-state index in [2.05, 4.69) is 28.1 Å². The van der Waals surface area contributed by atoms with E-state index in [1.54, 1.807) is 41.1 Å². The number of hydrogen-bond acceptors (Lipinski definition) is 3. The van der Waals surface area contributed by atoms with Crippen LogP contribution in [0.5, 0.6) is 0 Å². The molecule has 34 heavy (non-hydrogen) atoms. The minimum atomic E-state index is -3.72. The first-order valence-electron chi connectivity index (χ1n) is 11.1. The third-order valence-corrected chi connectivity index (χ3v) is 7.84. The maximum atomic E-state index is 13.4. The Balaban J connectivity index is 1.35. The van der Waals surface area contributed by atoms with Crippen molar-refractivity contribution in [1.29, 1.82) is 0 Å². The number of carbonyl (C=O) groups is 1. The van der Waals surface area contributed by atoms with Crippen LogP contribution >= 0.6 is 0 Å². The summed E-state index contributed by atoms with van der Waals surface area (Å²) < 4.78 is 30.5. The van der Waals surface area contributed by atoms with Crippen LogP contribution in [0.1, 0.15) is 5.56 Å². The second-order valence-electron chi connectivity index (χ2n) is 8.37. The summed E-state index contributed by atoms with van der Waals surface area (Å²) in [6, 6.07) is 24.2. The van der Waals surface area contributed by atoms with Crippen LogP contribution < -0.4 is 5.32 Å². The van der Waals surface area contributed by atoms with Crippen molar-refractivity contribution in [3.05, 3.63) is 96.8 Å². The van der Waals surface area contributed by atoms with E-state index >= 15 is 0 Å². The molecule has 5 aromatic rings. The van der Waals surface area contributed by atoms with Gasteiger partial charge in [-0.25, -0.2) is 8.42 Å². The highest BCUT2D eigenvalue weighted by atomic mass is 32.2. The highest BCUT2D eigenvalue weighted by molar-refractivity contribution is 7.91. The fourth-order valence-electron chi connectivity index (χ4n) is 4.26. The molecule has 0 atom stereocenters. The zero-order chi connectivity index (χ0) is 23.7. The van der Waals surface area contributed by atoms with Gasteiger partial charge in [0, 0.05) is 41.9 Å². The summed E-state index contributed by atoms with van der Waals surface area (Å²) in [5, 5.41) is 4.72. The maximum Gasteiger partial charge on any atom is 0.240 e. The van der Waals surface area contributed by atoms with E-state index in [1.807, 2.05) is 43.5 Å². The summed E-state index contributed by atoms with van der Waals surface area (Å²) in [6.45, 7) is 3.08. The number of aromatic nitrogens is 2. The molecule has 0 aliphatic heterocycles. The lowest BCUT2D eigenvalue weighted by Gasteiger charge is -2.09. The first-order chi connectivity index (χ1) is 16.4. The second kappa shape index (κ2) is 8.83. The van der Waals surface area contributed by atoms with Crippen LogP contribution in [0.3, 0.4) is 0 Å². The summed E-state index contributed by atoms with van der Waals surface area (Å²) in [6.07, 6.45) is 3.58. The molecule has 0 saturated carbocycles. The number of amides is 1. The molecule has 2 aromatic heterocycles. The van der Waals surface area contributed by atoms with Gasteiger partial charge in [0.25, 0.3) is 0 Å². The van der Waals surface area contributed by atoms with Gasteiger partial charge in [0.2, 0.25) is 15.7 Å². The van der Waals surface area contributed by atoms with Gasteiger partial charge in [0.15, 0.2) is 0 Å². The smallest absolute Gasteiger partial charge is 0.240 e. The number of nitrogens with one attached hydrogen (secondary N) is 1. The zero-order valence-electron chi connectivity index (χ0n) is 18.8. The topological polar surface area (TPSA) is 73.1 Å². The molecular weight excluding hydrogens is 446 g/mol. The highest BCUT2D eigenvalue weighted by Gasteiger charge is 2.23. The Morgan fingerprint density at radius 1 is 0.853 bits per heavy atom. The van der Waals surface area contributed by atoms with Crippen molar-refractivity contribution in [3.63, 3.8) is 0 Å². The lowest BCUT2D eigenvalue weighted by Crippen LogP contribution is -2.30. The average Bonchev–Trinajstić information content (AvgIpc) is 3.42. The molecule has 1 N–H and O–H groups in total. The molecule has 0 bridgehead atoms. The molecule has 0 radical (unpaired) electrons. The molecule has 2 heterocycles. The first-order valence-corrected chi connectivity index (χ1v) is 12.6. The van der Waals surface area contributed by atoms with Gasteiger partial charge in [-0.05, 0) is 42.6 Å². The minimum absolute atomic E-state index is 0.0381. The molecule has 0 saturated heterocycles. The fraction of sp³-hybridized carbons (Fsp3) is 0.148. The van der Waals surface area contributed by atoms with Crippen molar-refractivity contribution >= 4 is 37.6 Å². The van der Waals surface area contributed by atoms with Crippen LogP contribution in [-0.2, 0) is 27.7 Å². The molecule has 1 amide bonds. The Labute approximate surface area is 198 Å². The maximum absolute atomic E-state index is 13.4. The fourth-order valence-corrected chi connectivity index (χ4v) is 5.74. The van der Waals surface area contributed by atoms with E-state index in [4.69, 9.17) is 0 Å². The highest BCUT2D eigenvalue weighted by Crippen LogP contribution is 2.30. The van der Waals surface area contributed by atoms with Crippen molar-refractivity contribution in [1.82, 2.24) is 14.5 Å². The lowest BCUT2D eigenvalue weighted by atomic mass is 10.2. The monoisotopic (exact) mass is 471 g/mol. The molecule has 0 aliphatic carbocycles. The van der Waals surface area contributed by atoms with Crippen LogP contribution in [0.4, 0.5) is 0 Å². The molecule has 0 spiro atoms. The number of fused-ring (bicyclic) bond motifs is 2. The molecule has 3 aromatic carbocycles. The first kappa shape index (κ1) is 22.0. The van der Waals surface area contributed by atoms with Gasteiger partial charge in [0.05, 0.1) is 9.79 Å². The van der Waals surface area contributed by atoms with Gasteiger partial charge < -0.3 is 14.5 Å². The largest absolute Gasteiger partial charge is 0.353 e. The van der Waals surface area contributed by atoms with E-state index < -0.39 is 9.84 Å². The van der Waals surface area contributed by atoms with Gasteiger partial charge in [-0.2, -0.15) is 0 Å². The molecule has 172 valence electrons. The summed E-state index contributed by atoms with van der Waals surface area (Å²) in [4.78, 5) is 13.2. The molecular formula is C27H25N3O3S. The Hall–Kier alpha value is -3.84. The standard InChI is InChI=1S/C27H25N3O3S/c1-20-10-12-22(13-11-20)34(32,33)26-18-30(25-9-5-3-7-23(25)26)19-27(31)28-15-17-29-16-14-21-6-2-4-8-24(21)29/h2-14,16,18H,15,17,19H2,1H3,(H,28,31). The predicted molar refractivity (Wildman–Crippen MR) is 134 cm³/mol. The predicted octanol–water partition coefficient (Wildman–Crippen LogP) is 4.55. The van der Waals surface area contributed by atoms with E-state index in [1.165, 1.54) is 0 Å². The van der Waals surface area contributed by atoms with Gasteiger partial charge in [-0.3, -0.25) is 4.79 Å². The van der Waals surface area contributed by atoms with E-state index in [0.29, 0.717) is 24.0 Å². The average molecular weight is 472 g/mol. The van der Waals surface area contributed by atoms with E-state index in [-0.39, 0.29) is 22.2 Å².